The molecule has 0 saturated heterocycles. The number of sulfonamides is 1. The maximum absolute atomic E-state index is 11.7. The number of nitrogens with one attached hydrogen (secondary N) is 2. The van der Waals surface area contributed by atoms with E-state index in [1.807, 2.05) is 0 Å². The summed E-state index contributed by atoms with van der Waals surface area (Å²) < 4.78 is 24.1. The van der Waals surface area contributed by atoms with E-state index >= 15 is 0 Å². The zero-order valence-electron chi connectivity index (χ0n) is 11.0. The summed E-state index contributed by atoms with van der Waals surface area (Å²) in [6, 6.07) is 2.35. The van der Waals surface area contributed by atoms with Crippen molar-refractivity contribution in [3.05, 3.63) is 21.9 Å². The highest BCUT2D eigenvalue weighted by molar-refractivity contribution is 7.88. The van der Waals surface area contributed by atoms with Gasteiger partial charge in [0, 0.05) is 11.4 Å². The maximum Gasteiger partial charge on any atom is 0.325 e. The van der Waals surface area contributed by atoms with Crippen LogP contribution in [0.15, 0.2) is 12.1 Å². The second kappa shape index (κ2) is 6.82. The molecule has 7 nitrogen and oxygen atoms in total. The molecule has 1 aromatic heterocycles. The van der Waals surface area contributed by atoms with Crippen LogP contribution in [0.2, 0.25) is 0 Å². The van der Waals surface area contributed by atoms with Crippen LogP contribution in [0.1, 0.15) is 21.5 Å². The van der Waals surface area contributed by atoms with Gasteiger partial charge in [-0.05, 0) is 25.5 Å². The molecule has 112 valence electrons. The minimum Gasteiger partial charge on any atom is -0.480 e. The van der Waals surface area contributed by atoms with Crippen molar-refractivity contribution in [3.8, 4) is 0 Å². The summed E-state index contributed by atoms with van der Waals surface area (Å²) in [5.41, 5.74) is 0. The Kier molecular flexibility index (Phi) is 5.66. The van der Waals surface area contributed by atoms with Crippen molar-refractivity contribution < 1.29 is 23.1 Å². The predicted molar refractivity (Wildman–Crippen MR) is 75.4 cm³/mol. The van der Waals surface area contributed by atoms with Gasteiger partial charge in [-0.15, -0.1) is 11.3 Å². The Morgan fingerprint density at radius 1 is 1.40 bits per heavy atom. The van der Waals surface area contributed by atoms with Gasteiger partial charge in [-0.3, -0.25) is 9.59 Å². The molecule has 0 radical (unpaired) electrons. The van der Waals surface area contributed by atoms with Crippen LogP contribution < -0.4 is 10.0 Å². The Labute approximate surface area is 121 Å². The van der Waals surface area contributed by atoms with Gasteiger partial charge < -0.3 is 10.4 Å². The van der Waals surface area contributed by atoms with E-state index in [4.69, 9.17) is 5.11 Å². The number of carboxylic acids is 1. The summed E-state index contributed by atoms with van der Waals surface area (Å²) >= 11 is 1.21. The van der Waals surface area contributed by atoms with Gasteiger partial charge in [0.05, 0.1) is 11.1 Å². The molecular formula is C11H16N2O5S2. The molecule has 0 aliphatic carbocycles. The first-order valence-corrected chi connectivity index (χ1v) is 8.47. The lowest BCUT2D eigenvalue weighted by molar-refractivity contribution is -0.138. The minimum absolute atomic E-state index is 0.256. The van der Waals surface area contributed by atoms with Crippen molar-refractivity contribution in [2.75, 3.05) is 12.8 Å². The Hall–Kier alpha value is -1.45. The summed E-state index contributed by atoms with van der Waals surface area (Å²) in [7, 11) is -3.22. The fourth-order valence-corrected chi connectivity index (χ4v) is 2.71. The van der Waals surface area contributed by atoms with E-state index in [2.05, 4.69) is 10.0 Å². The highest BCUT2D eigenvalue weighted by Gasteiger charge is 2.16. The van der Waals surface area contributed by atoms with Crippen molar-refractivity contribution >= 4 is 33.2 Å². The van der Waals surface area contributed by atoms with Gasteiger partial charge >= 0.3 is 5.97 Å². The number of aliphatic carboxylic acids is 1. The van der Waals surface area contributed by atoms with E-state index in [-0.39, 0.29) is 6.54 Å². The van der Waals surface area contributed by atoms with Gasteiger partial charge in [-0.2, -0.15) is 0 Å². The first-order valence-electron chi connectivity index (χ1n) is 5.76. The third-order valence-corrected chi connectivity index (χ3v) is 4.21. The molecule has 0 unspecified atom stereocenters. The van der Waals surface area contributed by atoms with Gasteiger partial charge in [0.25, 0.3) is 5.91 Å². The fraction of sp³-hybridized carbons (Fsp3) is 0.455. The Morgan fingerprint density at radius 2 is 2.05 bits per heavy atom. The number of carbonyl (C=O) groups excluding carboxylic acids is 1. The van der Waals surface area contributed by atoms with Crippen molar-refractivity contribution in [2.45, 2.75) is 19.4 Å². The van der Waals surface area contributed by atoms with Crippen LogP contribution in [0.5, 0.6) is 0 Å². The summed E-state index contributed by atoms with van der Waals surface area (Å²) in [5, 5.41) is 11.0. The van der Waals surface area contributed by atoms with Crippen molar-refractivity contribution in [1.29, 1.82) is 0 Å². The van der Waals surface area contributed by atoms with E-state index in [0.717, 1.165) is 11.1 Å². The van der Waals surface area contributed by atoms with Crippen LogP contribution in [0, 0.1) is 0 Å². The second-order valence-electron chi connectivity index (χ2n) is 4.22. The molecule has 0 bridgehead atoms. The van der Waals surface area contributed by atoms with E-state index in [1.165, 1.54) is 18.3 Å². The molecule has 3 N–H and O–H groups in total. The van der Waals surface area contributed by atoms with E-state index < -0.39 is 27.9 Å². The molecule has 9 heteroatoms. The lowest BCUT2D eigenvalue weighted by atomic mass is 10.3. The van der Waals surface area contributed by atoms with Crippen molar-refractivity contribution in [3.63, 3.8) is 0 Å². The van der Waals surface area contributed by atoms with Crippen LogP contribution in [0.3, 0.4) is 0 Å². The van der Waals surface area contributed by atoms with Gasteiger partial charge in [0.1, 0.15) is 6.04 Å². The highest BCUT2D eigenvalue weighted by atomic mass is 32.2. The Balaban J connectivity index is 2.54. The van der Waals surface area contributed by atoms with Gasteiger partial charge in [0.15, 0.2) is 0 Å². The first-order chi connectivity index (χ1) is 9.19. The van der Waals surface area contributed by atoms with Crippen LogP contribution in [0.4, 0.5) is 0 Å². The monoisotopic (exact) mass is 320 g/mol. The highest BCUT2D eigenvalue weighted by Crippen LogP contribution is 2.16. The van der Waals surface area contributed by atoms with Crippen molar-refractivity contribution in [2.24, 2.45) is 0 Å². The molecule has 0 saturated carbocycles. The third kappa shape index (κ3) is 5.68. The SMILES string of the molecule is C[C@H](NC(=O)c1ccc(CCNS(C)(=O)=O)s1)C(=O)O. The molecule has 1 heterocycles. The topological polar surface area (TPSA) is 113 Å². The molecule has 0 spiro atoms. The zero-order chi connectivity index (χ0) is 15.3. The summed E-state index contributed by atoms with van der Waals surface area (Å²) in [4.78, 5) is 23.6. The van der Waals surface area contributed by atoms with Crippen LogP contribution in [0.25, 0.3) is 0 Å². The lowest BCUT2D eigenvalue weighted by Gasteiger charge is -2.07. The number of carbonyl (C=O) groups is 2. The fourth-order valence-electron chi connectivity index (χ4n) is 1.32. The molecule has 1 aromatic rings. The van der Waals surface area contributed by atoms with Crippen LogP contribution in [-0.4, -0.2) is 44.2 Å². The number of hydrogen-bond donors (Lipinski definition) is 3. The van der Waals surface area contributed by atoms with Crippen LogP contribution >= 0.6 is 11.3 Å². The van der Waals surface area contributed by atoms with Gasteiger partial charge in [-0.25, -0.2) is 13.1 Å². The standard InChI is InChI=1S/C11H16N2O5S2/c1-7(11(15)16)13-10(14)9-4-3-8(19-9)5-6-12-20(2,17)18/h3-4,7,12H,5-6H2,1-2H3,(H,13,14)(H,15,16)/t7-/m0/s1. The maximum atomic E-state index is 11.7. The first kappa shape index (κ1) is 16.6. The smallest absolute Gasteiger partial charge is 0.325 e. The Bertz CT molecular complexity index is 594. The third-order valence-electron chi connectivity index (χ3n) is 2.34. The lowest BCUT2D eigenvalue weighted by Crippen LogP contribution is -2.37. The predicted octanol–water partition coefficient (Wildman–Crippen LogP) is 0.0427. The number of rotatable bonds is 7. The minimum atomic E-state index is -3.22. The average molecular weight is 320 g/mol. The largest absolute Gasteiger partial charge is 0.480 e. The van der Waals surface area contributed by atoms with E-state index in [1.54, 1.807) is 12.1 Å². The molecule has 0 aliphatic rings. The number of thiophene rings is 1. The molecule has 1 rings (SSSR count). The molecular weight excluding hydrogens is 304 g/mol. The molecule has 1 atom stereocenters. The normalized spacial score (nSPS) is 12.9. The van der Waals surface area contributed by atoms with E-state index in [9.17, 15) is 18.0 Å². The van der Waals surface area contributed by atoms with E-state index in [0.29, 0.717) is 11.3 Å². The van der Waals surface area contributed by atoms with Gasteiger partial charge in [-0.1, -0.05) is 0 Å². The Morgan fingerprint density at radius 3 is 2.60 bits per heavy atom. The molecule has 0 aliphatic heterocycles. The number of carboxylic acid groups (broad SMARTS) is 1. The average Bonchev–Trinajstić information content (AvgIpc) is 2.75. The summed E-state index contributed by atoms with van der Waals surface area (Å²) in [5.74, 6) is -1.56. The molecule has 1 amide bonds. The number of hydrogen-bond acceptors (Lipinski definition) is 5. The number of amides is 1. The molecule has 0 aromatic carbocycles. The zero-order valence-corrected chi connectivity index (χ0v) is 12.7. The molecule has 20 heavy (non-hydrogen) atoms. The van der Waals surface area contributed by atoms with Crippen molar-refractivity contribution in [1.82, 2.24) is 10.0 Å². The summed E-state index contributed by atoms with van der Waals surface area (Å²) in [6.45, 7) is 1.64. The van der Waals surface area contributed by atoms with Gasteiger partial charge in [0.2, 0.25) is 10.0 Å². The quantitative estimate of drug-likeness (QED) is 0.657. The van der Waals surface area contributed by atoms with Crippen LogP contribution in [-0.2, 0) is 21.2 Å². The summed E-state index contributed by atoms with van der Waals surface area (Å²) in [6.07, 6.45) is 1.55. The second-order valence-corrected chi connectivity index (χ2v) is 7.22. The molecule has 0 fully saturated rings.